The van der Waals surface area contributed by atoms with E-state index in [0.717, 1.165) is 5.56 Å². The molecule has 0 aliphatic carbocycles. The summed E-state index contributed by atoms with van der Waals surface area (Å²) in [5, 5.41) is 7.02. The lowest BCUT2D eigenvalue weighted by Crippen LogP contribution is -2.42. The van der Waals surface area contributed by atoms with Crippen molar-refractivity contribution in [1.29, 1.82) is 0 Å². The number of aryl methyl sites for hydroxylation is 1. The molecule has 0 aromatic carbocycles. The van der Waals surface area contributed by atoms with Gasteiger partial charge < -0.3 is 10.2 Å². The molecule has 1 aliphatic heterocycles. The molecule has 2 heterocycles. The number of nitrogens with zero attached hydrogens (tertiary/aromatic N) is 4. The third-order valence-electron chi connectivity index (χ3n) is 3.90. The summed E-state index contributed by atoms with van der Waals surface area (Å²) in [6.07, 6.45) is -0.298. The van der Waals surface area contributed by atoms with Gasteiger partial charge in [-0.05, 0) is 13.5 Å². The lowest BCUT2D eigenvalue weighted by molar-refractivity contribution is -0.145. The van der Waals surface area contributed by atoms with E-state index in [1.807, 2.05) is 0 Å². The number of likely N-dealkylation sites (N-methyl/N-ethyl adjacent to an activating group) is 1. The van der Waals surface area contributed by atoms with Crippen LogP contribution >= 0.6 is 0 Å². The van der Waals surface area contributed by atoms with Gasteiger partial charge in [0.25, 0.3) is 0 Å². The fourth-order valence-electron chi connectivity index (χ4n) is 2.81. The van der Waals surface area contributed by atoms with E-state index >= 15 is 0 Å². The Bertz CT molecular complexity index is 531. The minimum Gasteiger partial charge on any atom is -0.340 e. The van der Waals surface area contributed by atoms with E-state index in [1.54, 1.807) is 36.1 Å². The van der Waals surface area contributed by atoms with Crippen molar-refractivity contribution in [3.05, 3.63) is 18.0 Å². The van der Waals surface area contributed by atoms with Crippen LogP contribution in [-0.2, 0) is 11.8 Å². The molecule has 0 radical (unpaired) electrons. The van der Waals surface area contributed by atoms with E-state index in [2.05, 4.69) is 10.4 Å². The van der Waals surface area contributed by atoms with Crippen molar-refractivity contribution in [2.75, 3.05) is 39.8 Å². The number of alkyl halides is 3. The van der Waals surface area contributed by atoms with E-state index in [4.69, 9.17) is 0 Å². The number of carbonyl (C=O) groups excluding carboxylic acids is 1. The molecule has 0 bridgehead atoms. The van der Waals surface area contributed by atoms with E-state index in [1.165, 1.54) is 4.90 Å². The molecule has 1 aromatic rings. The monoisotopic (exact) mass is 333 g/mol. The van der Waals surface area contributed by atoms with Gasteiger partial charge in [-0.25, -0.2) is 0 Å². The fraction of sp³-hybridized carbons (Fsp3) is 0.714. The van der Waals surface area contributed by atoms with Crippen LogP contribution in [0.4, 0.5) is 13.2 Å². The third kappa shape index (κ3) is 4.93. The zero-order valence-electron chi connectivity index (χ0n) is 13.3. The Labute approximate surface area is 133 Å². The van der Waals surface area contributed by atoms with Crippen LogP contribution in [0.15, 0.2) is 12.4 Å². The molecule has 1 aliphatic rings. The highest BCUT2D eigenvalue weighted by atomic mass is 19.4. The molecular formula is C14H22F3N5O. The summed E-state index contributed by atoms with van der Waals surface area (Å²) in [7, 11) is 3.45. The summed E-state index contributed by atoms with van der Waals surface area (Å²) >= 11 is 0. The third-order valence-corrected chi connectivity index (χ3v) is 3.90. The largest absolute Gasteiger partial charge is 0.401 e. The molecular weight excluding hydrogens is 311 g/mol. The van der Waals surface area contributed by atoms with Crippen molar-refractivity contribution in [2.45, 2.75) is 18.6 Å². The fourth-order valence-corrected chi connectivity index (χ4v) is 2.81. The number of rotatable bonds is 4. The predicted octanol–water partition coefficient (Wildman–Crippen LogP) is 0.777. The zero-order valence-corrected chi connectivity index (χ0v) is 13.3. The van der Waals surface area contributed by atoms with Gasteiger partial charge in [-0.2, -0.15) is 18.3 Å². The van der Waals surface area contributed by atoms with E-state index in [0.29, 0.717) is 26.1 Å². The van der Waals surface area contributed by atoms with Crippen molar-refractivity contribution >= 4 is 5.91 Å². The quantitative estimate of drug-likeness (QED) is 0.885. The van der Waals surface area contributed by atoms with Crippen LogP contribution in [0.2, 0.25) is 0 Å². The molecule has 1 saturated heterocycles. The van der Waals surface area contributed by atoms with E-state index in [9.17, 15) is 18.0 Å². The summed E-state index contributed by atoms with van der Waals surface area (Å²) in [4.78, 5) is 15.7. The van der Waals surface area contributed by atoms with Gasteiger partial charge in [0.1, 0.15) is 6.04 Å². The van der Waals surface area contributed by atoms with Crippen molar-refractivity contribution in [3.8, 4) is 0 Å². The summed E-state index contributed by atoms with van der Waals surface area (Å²) < 4.78 is 39.1. The topological polar surface area (TPSA) is 53.4 Å². The van der Waals surface area contributed by atoms with Gasteiger partial charge in [0.05, 0.1) is 12.7 Å². The molecule has 1 aromatic heterocycles. The first-order valence-corrected chi connectivity index (χ1v) is 7.54. The number of aromatic nitrogens is 2. The Morgan fingerprint density at radius 1 is 1.35 bits per heavy atom. The molecule has 2 rings (SSSR count). The van der Waals surface area contributed by atoms with Crippen molar-refractivity contribution in [1.82, 2.24) is 24.9 Å². The molecule has 1 fully saturated rings. The SMILES string of the molecule is CNC(C(=O)N1CCCN(CC(F)(F)F)CC1)c1cnn(C)c1. The van der Waals surface area contributed by atoms with Crippen LogP contribution in [0.5, 0.6) is 0 Å². The molecule has 1 unspecified atom stereocenters. The minimum absolute atomic E-state index is 0.130. The van der Waals surface area contributed by atoms with Crippen molar-refractivity contribution in [3.63, 3.8) is 0 Å². The Morgan fingerprint density at radius 3 is 2.65 bits per heavy atom. The number of hydrogen-bond acceptors (Lipinski definition) is 4. The van der Waals surface area contributed by atoms with Crippen molar-refractivity contribution < 1.29 is 18.0 Å². The summed E-state index contributed by atoms with van der Waals surface area (Å²) in [6.45, 7) is 0.418. The second kappa shape index (κ2) is 7.31. The molecule has 6 nitrogen and oxygen atoms in total. The zero-order chi connectivity index (χ0) is 17.0. The Morgan fingerprint density at radius 2 is 2.09 bits per heavy atom. The van der Waals surface area contributed by atoms with E-state index in [-0.39, 0.29) is 12.5 Å². The number of carbonyl (C=O) groups is 1. The van der Waals surface area contributed by atoms with Gasteiger partial charge in [0, 0.05) is 45.0 Å². The first-order valence-electron chi connectivity index (χ1n) is 7.54. The van der Waals surface area contributed by atoms with Gasteiger partial charge in [0.15, 0.2) is 0 Å². The second-order valence-electron chi connectivity index (χ2n) is 5.74. The Hall–Kier alpha value is -1.61. The van der Waals surface area contributed by atoms with E-state index < -0.39 is 18.8 Å². The summed E-state index contributed by atoms with van der Waals surface area (Å²) in [5.41, 5.74) is 0.747. The van der Waals surface area contributed by atoms with Crippen LogP contribution < -0.4 is 5.32 Å². The molecule has 1 N–H and O–H groups in total. The highest BCUT2D eigenvalue weighted by Gasteiger charge is 2.33. The number of hydrogen-bond donors (Lipinski definition) is 1. The number of nitrogens with one attached hydrogen (secondary N) is 1. The van der Waals surface area contributed by atoms with Crippen molar-refractivity contribution in [2.24, 2.45) is 7.05 Å². The maximum absolute atomic E-state index is 12.7. The average molecular weight is 333 g/mol. The average Bonchev–Trinajstić information content (AvgIpc) is 2.74. The van der Waals surface area contributed by atoms with Crippen LogP contribution in [-0.4, -0.2) is 71.4 Å². The first kappa shape index (κ1) is 17.7. The lowest BCUT2D eigenvalue weighted by atomic mass is 10.1. The smallest absolute Gasteiger partial charge is 0.340 e. The van der Waals surface area contributed by atoms with Gasteiger partial charge in [0.2, 0.25) is 5.91 Å². The molecule has 1 amide bonds. The maximum Gasteiger partial charge on any atom is 0.401 e. The lowest BCUT2D eigenvalue weighted by Gasteiger charge is -2.26. The van der Waals surface area contributed by atoms with Crippen LogP contribution in [0.1, 0.15) is 18.0 Å². The summed E-state index contributed by atoms with van der Waals surface area (Å²) in [5.74, 6) is -0.130. The molecule has 9 heteroatoms. The van der Waals surface area contributed by atoms with Crippen LogP contribution in [0.3, 0.4) is 0 Å². The molecule has 23 heavy (non-hydrogen) atoms. The predicted molar refractivity (Wildman–Crippen MR) is 78.7 cm³/mol. The first-order chi connectivity index (χ1) is 10.8. The van der Waals surface area contributed by atoms with Gasteiger partial charge in [-0.3, -0.25) is 14.4 Å². The second-order valence-corrected chi connectivity index (χ2v) is 5.74. The minimum atomic E-state index is -4.21. The van der Waals surface area contributed by atoms with Crippen LogP contribution in [0.25, 0.3) is 0 Å². The molecule has 130 valence electrons. The highest BCUT2D eigenvalue weighted by molar-refractivity contribution is 5.83. The molecule has 0 spiro atoms. The summed E-state index contributed by atoms with van der Waals surface area (Å²) in [6, 6.07) is -0.530. The van der Waals surface area contributed by atoms with Gasteiger partial charge in [-0.1, -0.05) is 0 Å². The number of amides is 1. The highest BCUT2D eigenvalue weighted by Crippen LogP contribution is 2.19. The molecule has 1 atom stereocenters. The Kier molecular flexibility index (Phi) is 5.64. The maximum atomic E-state index is 12.7. The number of halogens is 3. The van der Waals surface area contributed by atoms with Crippen LogP contribution in [0, 0.1) is 0 Å². The van der Waals surface area contributed by atoms with Gasteiger partial charge in [-0.15, -0.1) is 0 Å². The van der Waals surface area contributed by atoms with Gasteiger partial charge >= 0.3 is 6.18 Å². The molecule has 0 saturated carbocycles. The normalized spacial score (nSPS) is 18.7. The Balaban J connectivity index is 1.99. The standard InChI is InChI=1S/C14H22F3N5O/c1-18-12(11-8-19-20(2)9-11)13(23)22-5-3-4-21(6-7-22)10-14(15,16)17/h8-9,12,18H,3-7,10H2,1-2H3.